The Kier molecular flexibility index (Phi) is 3.87. The third kappa shape index (κ3) is 3.28. The van der Waals surface area contributed by atoms with Crippen molar-refractivity contribution in [3.05, 3.63) is 28.7 Å². The second-order valence-corrected chi connectivity index (χ2v) is 6.87. The highest BCUT2D eigenvalue weighted by Gasteiger charge is 2.29. The maximum Gasteiger partial charge on any atom is 0.241 e. The molecule has 1 aliphatic carbocycles. The molecule has 1 aromatic rings. The van der Waals surface area contributed by atoms with Crippen molar-refractivity contribution < 1.29 is 8.42 Å². The minimum absolute atomic E-state index is 0.0766. The molecule has 0 aliphatic heterocycles. The van der Waals surface area contributed by atoms with Gasteiger partial charge in [0.1, 0.15) is 0 Å². The Morgan fingerprint density at radius 3 is 2.65 bits per heavy atom. The van der Waals surface area contributed by atoms with Crippen molar-refractivity contribution in [1.29, 1.82) is 0 Å². The van der Waals surface area contributed by atoms with Crippen LogP contribution in [0.5, 0.6) is 0 Å². The average Bonchev–Trinajstić information content (AvgIpc) is 3.10. The highest BCUT2D eigenvalue weighted by molar-refractivity contribution is 9.10. The molecule has 1 fully saturated rings. The third-order valence-corrected chi connectivity index (χ3v) is 5.30. The first-order valence-corrected chi connectivity index (χ1v) is 7.78. The number of rotatable bonds is 5. The smallest absolute Gasteiger partial charge is 0.241 e. The highest BCUT2D eigenvalue weighted by Crippen LogP contribution is 2.31. The van der Waals surface area contributed by atoms with E-state index in [1.165, 1.54) is 0 Å². The molecular formula is C11H15BrN2O2S. The van der Waals surface area contributed by atoms with E-state index in [9.17, 15) is 8.42 Å². The molecule has 17 heavy (non-hydrogen) atoms. The normalized spacial score (nSPS) is 18.0. The van der Waals surface area contributed by atoms with Gasteiger partial charge < -0.3 is 5.73 Å². The van der Waals surface area contributed by atoms with Crippen LogP contribution in [-0.4, -0.2) is 21.0 Å². The van der Waals surface area contributed by atoms with Crippen LogP contribution in [0.15, 0.2) is 33.6 Å². The van der Waals surface area contributed by atoms with Crippen LogP contribution in [0.2, 0.25) is 0 Å². The van der Waals surface area contributed by atoms with Crippen molar-refractivity contribution in [3.8, 4) is 0 Å². The number of hydrogen-bond donors (Lipinski definition) is 2. The standard InChI is InChI=1S/C11H15BrN2O2S/c12-9-3-1-2-4-11(9)17(15,16)14-7-10(13)8-5-6-8/h1-4,8,10,14H,5-7,13H2. The summed E-state index contributed by atoms with van der Waals surface area (Å²) in [5.41, 5.74) is 5.86. The van der Waals surface area contributed by atoms with Crippen LogP contribution in [0.1, 0.15) is 12.8 Å². The van der Waals surface area contributed by atoms with E-state index in [4.69, 9.17) is 5.73 Å². The molecule has 4 nitrogen and oxygen atoms in total. The minimum atomic E-state index is -3.47. The van der Waals surface area contributed by atoms with E-state index in [0.717, 1.165) is 12.8 Å². The maximum absolute atomic E-state index is 12.0. The predicted octanol–water partition coefficient (Wildman–Crippen LogP) is 1.46. The summed E-state index contributed by atoms with van der Waals surface area (Å²) >= 11 is 3.23. The lowest BCUT2D eigenvalue weighted by molar-refractivity contribution is 0.547. The van der Waals surface area contributed by atoms with Gasteiger partial charge >= 0.3 is 0 Å². The fraction of sp³-hybridized carbons (Fsp3) is 0.455. The molecule has 1 saturated carbocycles. The predicted molar refractivity (Wildman–Crippen MR) is 70.0 cm³/mol. The summed E-state index contributed by atoms with van der Waals surface area (Å²) in [6, 6.07) is 6.66. The molecule has 0 radical (unpaired) electrons. The zero-order chi connectivity index (χ0) is 12.5. The zero-order valence-corrected chi connectivity index (χ0v) is 11.7. The Morgan fingerprint density at radius 2 is 2.06 bits per heavy atom. The summed E-state index contributed by atoms with van der Waals surface area (Å²) in [5, 5.41) is 0. The second kappa shape index (κ2) is 5.06. The fourth-order valence-corrected chi connectivity index (χ4v) is 3.71. The molecule has 0 bridgehead atoms. The minimum Gasteiger partial charge on any atom is -0.326 e. The summed E-state index contributed by atoms with van der Waals surface area (Å²) < 4.78 is 27.1. The second-order valence-electron chi connectivity index (χ2n) is 4.28. The Morgan fingerprint density at radius 1 is 1.41 bits per heavy atom. The van der Waals surface area contributed by atoms with Crippen molar-refractivity contribution in [2.75, 3.05) is 6.54 Å². The summed E-state index contributed by atoms with van der Waals surface area (Å²) in [6.45, 7) is 0.300. The number of hydrogen-bond acceptors (Lipinski definition) is 3. The van der Waals surface area contributed by atoms with Gasteiger partial charge in [0.25, 0.3) is 0 Å². The monoisotopic (exact) mass is 318 g/mol. The average molecular weight is 319 g/mol. The lowest BCUT2D eigenvalue weighted by atomic mass is 10.2. The molecule has 1 aliphatic rings. The summed E-state index contributed by atoms with van der Waals surface area (Å²) in [5.74, 6) is 0.483. The Bertz CT molecular complexity index is 500. The number of halogens is 1. The van der Waals surface area contributed by atoms with Crippen LogP contribution in [0.4, 0.5) is 0 Å². The largest absolute Gasteiger partial charge is 0.326 e. The van der Waals surface area contributed by atoms with Gasteiger partial charge in [-0.25, -0.2) is 13.1 Å². The van der Waals surface area contributed by atoms with E-state index < -0.39 is 10.0 Å². The molecule has 1 atom stereocenters. The Hall–Kier alpha value is -0.430. The maximum atomic E-state index is 12.0. The molecule has 0 heterocycles. The third-order valence-electron chi connectivity index (χ3n) is 2.86. The van der Waals surface area contributed by atoms with Crippen molar-refractivity contribution in [3.63, 3.8) is 0 Å². The lowest BCUT2D eigenvalue weighted by Crippen LogP contribution is -2.38. The molecule has 3 N–H and O–H groups in total. The van der Waals surface area contributed by atoms with E-state index in [1.807, 2.05) is 0 Å². The van der Waals surface area contributed by atoms with E-state index in [-0.39, 0.29) is 10.9 Å². The summed E-state index contributed by atoms with van der Waals surface area (Å²) in [4.78, 5) is 0.253. The molecule has 94 valence electrons. The number of benzene rings is 1. The van der Waals surface area contributed by atoms with E-state index in [2.05, 4.69) is 20.7 Å². The first-order valence-electron chi connectivity index (χ1n) is 5.50. The van der Waals surface area contributed by atoms with Crippen LogP contribution >= 0.6 is 15.9 Å². The van der Waals surface area contributed by atoms with E-state index in [1.54, 1.807) is 24.3 Å². The molecule has 1 unspecified atom stereocenters. The van der Waals surface area contributed by atoms with Gasteiger partial charge in [0.15, 0.2) is 0 Å². The SMILES string of the molecule is NC(CNS(=O)(=O)c1ccccc1Br)C1CC1. The first-order chi connectivity index (χ1) is 8.00. The molecule has 1 aromatic carbocycles. The number of nitrogens with two attached hydrogens (primary N) is 1. The van der Waals surface area contributed by atoms with Gasteiger partial charge in [0.05, 0.1) is 4.90 Å². The van der Waals surface area contributed by atoms with Crippen LogP contribution in [0.25, 0.3) is 0 Å². The molecule has 0 aromatic heterocycles. The topological polar surface area (TPSA) is 72.2 Å². The van der Waals surface area contributed by atoms with Gasteiger partial charge in [0.2, 0.25) is 10.0 Å². The molecule has 0 amide bonds. The van der Waals surface area contributed by atoms with Crippen LogP contribution in [0, 0.1) is 5.92 Å². The van der Waals surface area contributed by atoms with Crippen molar-refractivity contribution in [2.24, 2.45) is 11.7 Å². The van der Waals surface area contributed by atoms with Crippen molar-refractivity contribution in [1.82, 2.24) is 4.72 Å². The zero-order valence-electron chi connectivity index (χ0n) is 9.27. The summed E-state index contributed by atoms with van der Waals surface area (Å²) in [7, 11) is -3.47. The van der Waals surface area contributed by atoms with Crippen LogP contribution < -0.4 is 10.5 Å². The lowest BCUT2D eigenvalue weighted by Gasteiger charge is -2.12. The molecule has 0 saturated heterocycles. The summed E-state index contributed by atoms with van der Waals surface area (Å²) in [6.07, 6.45) is 2.22. The highest BCUT2D eigenvalue weighted by atomic mass is 79.9. The van der Waals surface area contributed by atoms with Crippen molar-refractivity contribution >= 4 is 26.0 Å². The van der Waals surface area contributed by atoms with Gasteiger partial charge in [-0.05, 0) is 46.8 Å². The van der Waals surface area contributed by atoms with Gasteiger partial charge in [-0.2, -0.15) is 0 Å². The number of sulfonamides is 1. The van der Waals surface area contributed by atoms with E-state index >= 15 is 0 Å². The van der Waals surface area contributed by atoms with Gasteiger partial charge in [-0.1, -0.05) is 12.1 Å². The number of nitrogens with one attached hydrogen (secondary N) is 1. The van der Waals surface area contributed by atoms with Crippen LogP contribution in [0.3, 0.4) is 0 Å². The van der Waals surface area contributed by atoms with Crippen LogP contribution in [-0.2, 0) is 10.0 Å². The molecular weight excluding hydrogens is 304 g/mol. The molecule has 2 rings (SSSR count). The Labute approximate surface area is 110 Å². The fourth-order valence-electron chi connectivity index (χ4n) is 1.64. The van der Waals surface area contributed by atoms with E-state index in [0.29, 0.717) is 16.9 Å². The van der Waals surface area contributed by atoms with Crippen molar-refractivity contribution in [2.45, 2.75) is 23.8 Å². The van der Waals surface area contributed by atoms with Gasteiger partial charge in [-0.15, -0.1) is 0 Å². The molecule has 6 heteroatoms. The molecule has 0 spiro atoms. The Balaban J connectivity index is 2.05. The first kappa shape index (κ1) is 13.0. The van der Waals surface area contributed by atoms with Gasteiger partial charge in [0, 0.05) is 17.1 Å². The van der Waals surface area contributed by atoms with Gasteiger partial charge in [-0.3, -0.25) is 0 Å². The quantitative estimate of drug-likeness (QED) is 0.863.